The standard InChI is InChI=1S/C22H21N9O2/c32-22(15-11-25-31-5-1-4-23-21(15)31)28-18-12-24-29-19(18)20-26-16-3-2-14(10-17(16)27-20)13-30-6-8-33-9-7-30/h1-5,10-12H,6-9,13H2,(H,24,29)(H,26,27)(H,28,32). The Hall–Kier alpha value is -4.09. The lowest BCUT2D eigenvalue weighted by atomic mass is 10.2. The summed E-state index contributed by atoms with van der Waals surface area (Å²) >= 11 is 0. The molecule has 166 valence electrons. The van der Waals surface area contributed by atoms with Crippen molar-refractivity contribution in [2.45, 2.75) is 6.54 Å². The summed E-state index contributed by atoms with van der Waals surface area (Å²) in [7, 11) is 0. The molecule has 33 heavy (non-hydrogen) atoms. The molecule has 5 heterocycles. The number of nitrogens with one attached hydrogen (secondary N) is 3. The first-order chi connectivity index (χ1) is 16.2. The van der Waals surface area contributed by atoms with Crippen LogP contribution in [-0.2, 0) is 11.3 Å². The van der Waals surface area contributed by atoms with E-state index in [0.29, 0.717) is 28.4 Å². The molecule has 11 nitrogen and oxygen atoms in total. The average Bonchev–Trinajstić information content (AvgIpc) is 3.57. The van der Waals surface area contributed by atoms with Crippen molar-refractivity contribution in [2.24, 2.45) is 0 Å². The molecule has 11 heteroatoms. The first-order valence-electron chi connectivity index (χ1n) is 10.7. The van der Waals surface area contributed by atoms with Crippen LogP contribution in [0.5, 0.6) is 0 Å². The van der Waals surface area contributed by atoms with Gasteiger partial charge < -0.3 is 15.0 Å². The molecule has 3 N–H and O–H groups in total. The normalized spacial score (nSPS) is 14.8. The number of amides is 1. The monoisotopic (exact) mass is 443 g/mol. The molecule has 1 fully saturated rings. The van der Waals surface area contributed by atoms with E-state index in [1.54, 1.807) is 29.2 Å². The van der Waals surface area contributed by atoms with Gasteiger partial charge in [0.1, 0.15) is 5.56 Å². The number of hydrogen-bond donors (Lipinski definition) is 3. The van der Waals surface area contributed by atoms with E-state index in [0.717, 1.165) is 43.9 Å². The van der Waals surface area contributed by atoms with Crippen molar-refractivity contribution in [3.63, 3.8) is 0 Å². The minimum atomic E-state index is -0.324. The van der Waals surface area contributed by atoms with Gasteiger partial charge in [0.25, 0.3) is 5.91 Å². The van der Waals surface area contributed by atoms with Crippen LogP contribution in [0.2, 0.25) is 0 Å². The molecule has 0 unspecified atom stereocenters. The molecular formula is C22H21N9O2. The maximum absolute atomic E-state index is 12.9. The summed E-state index contributed by atoms with van der Waals surface area (Å²) in [6, 6.07) is 7.96. The number of hydrogen-bond acceptors (Lipinski definition) is 7. The highest BCUT2D eigenvalue weighted by atomic mass is 16.5. The summed E-state index contributed by atoms with van der Waals surface area (Å²) in [6.07, 6.45) is 6.49. The Morgan fingerprint density at radius 1 is 1.24 bits per heavy atom. The quantitative estimate of drug-likeness (QED) is 0.379. The number of benzene rings is 1. The first-order valence-corrected chi connectivity index (χ1v) is 10.7. The second-order valence-electron chi connectivity index (χ2n) is 7.87. The van der Waals surface area contributed by atoms with E-state index in [1.807, 2.05) is 6.07 Å². The highest BCUT2D eigenvalue weighted by Gasteiger charge is 2.19. The molecule has 1 aromatic carbocycles. The highest BCUT2D eigenvalue weighted by Crippen LogP contribution is 2.26. The smallest absolute Gasteiger partial charge is 0.261 e. The van der Waals surface area contributed by atoms with E-state index in [2.05, 4.69) is 47.6 Å². The van der Waals surface area contributed by atoms with Crippen molar-refractivity contribution < 1.29 is 9.53 Å². The second-order valence-corrected chi connectivity index (χ2v) is 7.87. The second kappa shape index (κ2) is 8.11. The third-order valence-corrected chi connectivity index (χ3v) is 5.69. The molecular weight excluding hydrogens is 422 g/mol. The van der Waals surface area contributed by atoms with E-state index in [4.69, 9.17) is 9.72 Å². The Bertz CT molecular complexity index is 1440. The summed E-state index contributed by atoms with van der Waals surface area (Å²) in [5.74, 6) is 0.248. The summed E-state index contributed by atoms with van der Waals surface area (Å²) in [5, 5.41) is 14.2. The minimum absolute atomic E-state index is 0.324. The summed E-state index contributed by atoms with van der Waals surface area (Å²) in [5.41, 5.74) is 4.85. The van der Waals surface area contributed by atoms with E-state index >= 15 is 0 Å². The topological polar surface area (TPSA) is 129 Å². The SMILES string of the molecule is O=C(Nc1c[nH]nc1-c1nc2cc(CN3CCOCC3)ccc2[nH]1)c1cnn2cccnc12. The number of aromatic amines is 2. The molecule has 0 saturated carbocycles. The maximum Gasteiger partial charge on any atom is 0.261 e. The highest BCUT2D eigenvalue weighted by molar-refractivity contribution is 6.09. The van der Waals surface area contributed by atoms with Crippen molar-refractivity contribution in [3.05, 3.63) is 60.2 Å². The van der Waals surface area contributed by atoms with Gasteiger partial charge >= 0.3 is 0 Å². The number of fused-ring (bicyclic) bond motifs is 2. The molecule has 0 spiro atoms. The number of morpholine rings is 1. The van der Waals surface area contributed by atoms with Gasteiger partial charge in [-0.2, -0.15) is 10.2 Å². The fourth-order valence-electron chi connectivity index (χ4n) is 4.02. The summed E-state index contributed by atoms with van der Waals surface area (Å²) in [4.78, 5) is 27.5. The number of H-pyrrole nitrogens is 2. The predicted molar refractivity (Wildman–Crippen MR) is 121 cm³/mol. The largest absolute Gasteiger partial charge is 0.379 e. The number of imidazole rings is 1. The number of carbonyl (C=O) groups is 1. The van der Waals surface area contributed by atoms with Crippen LogP contribution in [-0.4, -0.2) is 71.9 Å². The zero-order valence-corrected chi connectivity index (χ0v) is 17.7. The van der Waals surface area contributed by atoms with Gasteiger partial charge in [-0.05, 0) is 23.8 Å². The van der Waals surface area contributed by atoms with Gasteiger partial charge in [-0.15, -0.1) is 0 Å². The molecule has 0 aliphatic carbocycles. The van der Waals surface area contributed by atoms with Gasteiger partial charge in [-0.1, -0.05) is 6.07 Å². The Balaban J connectivity index is 1.25. The Labute approximate surface area is 187 Å². The van der Waals surface area contributed by atoms with Crippen molar-refractivity contribution in [2.75, 3.05) is 31.6 Å². The molecule has 0 radical (unpaired) electrons. The van der Waals surface area contributed by atoms with Gasteiger partial charge in [-0.25, -0.2) is 14.5 Å². The van der Waals surface area contributed by atoms with Gasteiger partial charge in [-0.3, -0.25) is 14.8 Å². The van der Waals surface area contributed by atoms with Crippen LogP contribution in [0.3, 0.4) is 0 Å². The van der Waals surface area contributed by atoms with Crippen LogP contribution in [0, 0.1) is 0 Å². The zero-order chi connectivity index (χ0) is 22.2. The molecule has 4 aromatic heterocycles. The Morgan fingerprint density at radius 2 is 2.15 bits per heavy atom. The lowest BCUT2D eigenvalue weighted by molar-refractivity contribution is 0.0342. The fourth-order valence-corrected chi connectivity index (χ4v) is 4.02. The van der Waals surface area contributed by atoms with Crippen molar-refractivity contribution in [1.82, 2.24) is 39.7 Å². The number of rotatable bonds is 5. The number of carbonyl (C=O) groups excluding carboxylic acids is 1. The predicted octanol–water partition coefficient (Wildman–Crippen LogP) is 2.08. The third-order valence-electron chi connectivity index (χ3n) is 5.69. The number of aromatic nitrogens is 7. The van der Waals surface area contributed by atoms with Gasteiger partial charge in [0, 0.05) is 38.2 Å². The fraction of sp³-hybridized carbons (Fsp3) is 0.227. The van der Waals surface area contributed by atoms with E-state index in [1.165, 1.54) is 11.8 Å². The van der Waals surface area contributed by atoms with E-state index in [9.17, 15) is 4.79 Å². The van der Waals surface area contributed by atoms with Crippen LogP contribution >= 0.6 is 0 Å². The van der Waals surface area contributed by atoms with Crippen LogP contribution in [0.1, 0.15) is 15.9 Å². The lowest BCUT2D eigenvalue weighted by Crippen LogP contribution is -2.35. The minimum Gasteiger partial charge on any atom is -0.379 e. The zero-order valence-electron chi connectivity index (χ0n) is 17.7. The molecule has 1 amide bonds. The lowest BCUT2D eigenvalue weighted by Gasteiger charge is -2.26. The summed E-state index contributed by atoms with van der Waals surface area (Å²) < 4.78 is 6.98. The summed E-state index contributed by atoms with van der Waals surface area (Å²) in [6.45, 7) is 4.27. The molecule has 1 aliphatic rings. The number of anilines is 1. The van der Waals surface area contributed by atoms with Crippen LogP contribution in [0.4, 0.5) is 5.69 Å². The van der Waals surface area contributed by atoms with Gasteiger partial charge in [0.05, 0.1) is 36.1 Å². The molecule has 0 atom stereocenters. The molecule has 0 bridgehead atoms. The molecule has 5 aromatic rings. The van der Waals surface area contributed by atoms with Crippen LogP contribution in [0.25, 0.3) is 28.2 Å². The number of nitrogens with zero attached hydrogens (tertiary/aromatic N) is 6. The van der Waals surface area contributed by atoms with Crippen molar-refractivity contribution in [3.8, 4) is 11.5 Å². The van der Waals surface area contributed by atoms with E-state index < -0.39 is 0 Å². The van der Waals surface area contributed by atoms with E-state index in [-0.39, 0.29) is 5.91 Å². The van der Waals surface area contributed by atoms with Crippen molar-refractivity contribution >= 4 is 28.3 Å². The maximum atomic E-state index is 12.9. The van der Waals surface area contributed by atoms with Crippen LogP contribution < -0.4 is 5.32 Å². The number of ether oxygens (including phenoxy) is 1. The average molecular weight is 443 g/mol. The van der Waals surface area contributed by atoms with Crippen LogP contribution in [0.15, 0.2) is 49.1 Å². The Morgan fingerprint density at radius 3 is 3.06 bits per heavy atom. The Kier molecular flexibility index (Phi) is 4.82. The first kappa shape index (κ1) is 19.6. The molecule has 6 rings (SSSR count). The van der Waals surface area contributed by atoms with Gasteiger partial charge in [0.15, 0.2) is 17.2 Å². The third kappa shape index (κ3) is 3.73. The van der Waals surface area contributed by atoms with Gasteiger partial charge in [0.2, 0.25) is 0 Å². The molecule has 1 aliphatic heterocycles. The van der Waals surface area contributed by atoms with Crippen molar-refractivity contribution in [1.29, 1.82) is 0 Å². The molecule has 1 saturated heterocycles.